The summed E-state index contributed by atoms with van der Waals surface area (Å²) in [7, 11) is 0. The van der Waals surface area contributed by atoms with E-state index in [1.165, 1.54) is 16.7 Å². The highest BCUT2D eigenvalue weighted by Gasteiger charge is 2.40. The van der Waals surface area contributed by atoms with Crippen molar-refractivity contribution in [2.75, 3.05) is 0 Å². The van der Waals surface area contributed by atoms with Gasteiger partial charge in [-0.3, -0.25) is 9.55 Å². The Morgan fingerprint density at radius 3 is 2.38 bits per heavy atom. The van der Waals surface area contributed by atoms with Gasteiger partial charge in [0.05, 0.1) is 22.4 Å². The van der Waals surface area contributed by atoms with Crippen LogP contribution in [0.5, 0.6) is 0 Å². The molecule has 34 heavy (non-hydrogen) atoms. The first-order valence-corrected chi connectivity index (χ1v) is 11.6. The number of pyridine rings is 1. The van der Waals surface area contributed by atoms with Gasteiger partial charge in [0, 0.05) is 39.7 Å². The van der Waals surface area contributed by atoms with E-state index in [1.54, 1.807) is 0 Å². The Balaban J connectivity index is 1.63. The minimum absolute atomic E-state index is 0.141. The van der Waals surface area contributed by atoms with Crippen LogP contribution >= 0.6 is 0 Å². The SMILES string of the molecule is CC1(C)c2ccccc2-c2c1c1cnccc1n2-c1nc(-c2ccccc2)c2ccccc2n1. The Hall–Kier alpha value is -4.31. The molecule has 0 radical (unpaired) electrons. The molecule has 7 rings (SSSR count). The van der Waals surface area contributed by atoms with Gasteiger partial charge in [-0.2, -0.15) is 0 Å². The predicted octanol–water partition coefficient (Wildman–Crippen LogP) is 6.94. The molecule has 1 aliphatic rings. The number of fused-ring (bicyclic) bond motifs is 6. The summed E-state index contributed by atoms with van der Waals surface area (Å²) in [6.45, 7) is 4.59. The molecule has 0 saturated carbocycles. The van der Waals surface area contributed by atoms with Crippen molar-refractivity contribution in [2.45, 2.75) is 19.3 Å². The van der Waals surface area contributed by atoms with Crippen LogP contribution in [0.2, 0.25) is 0 Å². The summed E-state index contributed by atoms with van der Waals surface area (Å²) in [5.74, 6) is 0.683. The largest absolute Gasteiger partial charge is 0.277 e. The van der Waals surface area contributed by atoms with Crippen molar-refractivity contribution in [2.24, 2.45) is 0 Å². The van der Waals surface area contributed by atoms with E-state index in [9.17, 15) is 0 Å². The molecule has 3 aromatic carbocycles. The molecule has 4 heteroatoms. The third-order valence-electron chi connectivity index (χ3n) is 7.09. The lowest BCUT2D eigenvalue weighted by molar-refractivity contribution is 0.666. The van der Waals surface area contributed by atoms with Crippen LogP contribution in [0.4, 0.5) is 0 Å². The fourth-order valence-electron chi connectivity index (χ4n) is 5.58. The quantitative estimate of drug-likeness (QED) is 0.294. The molecule has 6 aromatic rings. The van der Waals surface area contributed by atoms with E-state index in [4.69, 9.17) is 9.97 Å². The molecular weight excluding hydrogens is 416 g/mol. The summed E-state index contributed by atoms with van der Waals surface area (Å²) < 4.78 is 2.23. The van der Waals surface area contributed by atoms with Gasteiger partial charge in [-0.25, -0.2) is 9.97 Å². The number of aromatic nitrogens is 4. The lowest BCUT2D eigenvalue weighted by atomic mass is 9.82. The number of hydrogen-bond donors (Lipinski definition) is 0. The number of nitrogens with zero attached hydrogens (tertiary/aromatic N) is 4. The molecule has 0 fully saturated rings. The van der Waals surface area contributed by atoms with E-state index in [-0.39, 0.29) is 5.41 Å². The molecule has 0 N–H and O–H groups in total. The zero-order chi connectivity index (χ0) is 22.9. The molecule has 0 saturated heterocycles. The van der Waals surface area contributed by atoms with E-state index in [2.05, 4.69) is 90.1 Å². The fourth-order valence-corrected chi connectivity index (χ4v) is 5.58. The van der Waals surface area contributed by atoms with Gasteiger partial charge >= 0.3 is 0 Å². The number of benzene rings is 3. The molecule has 0 unspecified atom stereocenters. The standard InChI is InChI=1S/C30H22N4/c1-30(2)23-14-8-6-12-20(23)28-26(30)22-18-31-17-16-25(22)34(28)29-32-24-15-9-7-13-21(24)27(33-29)19-10-4-3-5-11-19/h3-18H,1-2H3. The maximum absolute atomic E-state index is 5.19. The van der Waals surface area contributed by atoms with Crippen molar-refractivity contribution in [3.8, 4) is 28.5 Å². The molecule has 0 bridgehead atoms. The average molecular weight is 439 g/mol. The Morgan fingerprint density at radius 1 is 0.735 bits per heavy atom. The second kappa shape index (κ2) is 6.84. The monoisotopic (exact) mass is 438 g/mol. The van der Waals surface area contributed by atoms with Gasteiger partial charge in [0.25, 0.3) is 0 Å². The van der Waals surface area contributed by atoms with Gasteiger partial charge < -0.3 is 0 Å². The van der Waals surface area contributed by atoms with Gasteiger partial charge in [-0.05, 0) is 23.3 Å². The molecule has 0 aliphatic heterocycles. The zero-order valence-electron chi connectivity index (χ0n) is 19.0. The second-order valence-corrected chi connectivity index (χ2v) is 9.38. The van der Waals surface area contributed by atoms with Crippen LogP contribution in [0.25, 0.3) is 50.3 Å². The van der Waals surface area contributed by atoms with E-state index >= 15 is 0 Å². The Labute approximate surface area is 197 Å². The summed E-state index contributed by atoms with van der Waals surface area (Å²) in [5, 5.41) is 2.20. The highest BCUT2D eigenvalue weighted by molar-refractivity contribution is 5.99. The lowest BCUT2D eigenvalue weighted by Gasteiger charge is -2.20. The fraction of sp³-hybridized carbons (Fsp3) is 0.100. The van der Waals surface area contributed by atoms with E-state index < -0.39 is 0 Å². The molecule has 3 heterocycles. The normalized spacial score (nSPS) is 13.8. The van der Waals surface area contributed by atoms with Crippen molar-refractivity contribution in [1.29, 1.82) is 0 Å². The average Bonchev–Trinajstić information content (AvgIpc) is 3.35. The van der Waals surface area contributed by atoms with Gasteiger partial charge in [0.15, 0.2) is 0 Å². The second-order valence-electron chi connectivity index (χ2n) is 9.38. The van der Waals surface area contributed by atoms with Crippen molar-refractivity contribution < 1.29 is 0 Å². The van der Waals surface area contributed by atoms with Crippen molar-refractivity contribution in [3.63, 3.8) is 0 Å². The minimum atomic E-state index is -0.141. The molecule has 0 atom stereocenters. The molecule has 162 valence electrons. The van der Waals surface area contributed by atoms with E-state index in [1.807, 2.05) is 30.6 Å². The molecule has 0 amide bonds. The van der Waals surface area contributed by atoms with Crippen LogP contribution in [-0.4, -0.2) is 19.5 Å². The number of para-hydroxylation sites is 1. The summed E-state index contributed by atoms with van der Waals surface area (Å²) in [4.78, 5) is 14.8. The van der Waals surface area contributed by atoms with Crippen molar-refractivity contribution in [3.05, 3.63) is 108 Å². The zero-order valence-corrected chi connectivity index (χ0v) is 19.0. The topological polar surface area (TPSA) is 43.6 Å². The van der Waals surface area contributed by atoms with Crippen LogP contribution in [-0.2, 0) is 5.41 Å². The third kappa shape index (κ3) is 2.51. The number of rotatable bonds is 2. The van der Waals surface area contributed by atoms with Crippen molar-refractivity contribution >= 4 is 21.8 Å². The molecular formula is C30H22N4. The summed E-state index contributed by atoms with van der Waals surface area (Å²) in [6.07, 6.45) is 3.84. The number of hydrogen-bond acceptors (Lipinski definition) is 3. The highest BCUT2D eigenvalue weighted by Crippen LogP contribution is 2.53. The van der Waals surface area contributed by atoms with E-state index in [0.29, 0.717) is 5.95 Å². The van der Waals surface area contributed by atoms with Gasteiger partial charge in [0.2, 0.25) is 5.95 Å². The first-order chi connectivity index (χ1) is 16.6. The third-order valence-corrected chi connectivity index (χ3v) is 7.09. The Bertz CT molecular complexity index is 1730. The molecule has 0 spiro atoms. The molecule has 4 nitrogen and oxygen atoms in total. The van der Waals surface area contributed by atoms with Crippen LogP contribution in [0.3, 0.4) is 0 Å². The smallest absolute Gasteiger partial charge is 0.235 e. The summed E-state index contributed by atoms with van der Waals surface area (Å²) >= 11 is 0. The van der Waals surface area contributed by atoms with Crippen LogP contribution < -0.4 is 0 Å². The van der Waals surface area contributed by atoms with Gasteiger partial charge in [-0.15, -0.1) is 0 Å². The summed E-state index contributed by atoms with van der Waals surface area (Å²) in [6, 6.07) is 29.4. The van der Waals surface area contributed by atoms with Crippen LogP contribution in [0.15, 0.2) is 97.3 Å². The maximum atomic E-state index is 5.19. The first-order valence-electron chi connectivity index (χ1n) is 11.6. The Kier molecular flexibility index (Phi) is 3.86. The van der Waals surface area contributed by atoms with Crippen LogP contribution in [0.1, 0.15) is 25.0 Å². The summed E-state index contributed by atoms with van der Waals surface area (Å²) in [5.41, 5.74) is 8.90. The van der Waals surface area contributed by atoms with E-state index in [0.717, 1.165) is 38.8 Å². The predicted molar refractivity (Wildman–Crippen MR) is 137 cm³/mol. The maximum Gasteiger partial charge on any atom is 0.235 e. The molecule has 1 aliphatic carbocycles. The van der Waals surface area contributed by atoms with Gasteiger partial charge in [-0.1, -0.05) is 86.6 Å². The van der Waals surface area contributed by atoms with Crippen molar-refractivity contribution in [1.82, 2.24) is 19.5 Å². The van der Waals surface area contributed by atoms with Gasteiger partial charge in [0.1, 0.15) is 0 Å². The lowest BCUT2D eigenvalue weighted by Crippen LogP contribution is -2.14. The van der Waals surface area contributed by atoms with Crippen LogP contribution in [0, 0.1) is 0 Å². The first kappa shape index (κ1) is 19.2. The molecule has 3 aromatic heterocycles. The minimum Gasteiger partial charge on any atom is -0.277 e. The Morgan fingerprint density at radius 2 is 1.50 bits per heavy atom. The highest BCUT2D eigenvalue weighted by atomic mass is 15.2.